The third kappa shape index (κ3) is 4.67. The number of aryl methyl sites for hydroxylation is 1. The fourth-order valence-electron chi connectivity index (χ4n) is 3.56. The van der Waals surface area contributed by atoms with Gasteiger partial charge in [0.2, 0.25) is 11.7 Å². The zero-order valence-electron chi connectivity index (χ0n) is 17.9. The topological polar surface area (TPSA) is 68.3 Å². The van der Waals surface area contributed by atoms with Crippen LogP contribution in [0.5, 0.6) is 17.2 Å². The van der Waals surface area contributed by atoms with E-state index in [2.05, 4.69) is 0 Å². The summed E-state index contributed by atoms with van der Waals surface area (Å²) in [4.78, 5) is 29.1. The molecule has 3 rings (SSSR count). The summed E-state index contributed by atoms with van der Waals surface area (Å²) in [6, 6.07) is 11.1. The lowest BCUT2D eigenvalue weighted by atomic mass is 10.1. The highest BCUT2D eigenvalue weighted by molar-refractivity contribution is 5.94. The lowest BCUT2D eigenvalue weighted by molar-refractivity contribution is -0.131. The first-order chi connectivity index (χ1) is 14.5. The van der Waals surface area contributed by atoms with Crippen LogP contribution in [0.15, 0.2) is 36.4 Å². The molecule has 0 atom stereocenters. The first-order valence-corrected chi connectivity index (χ1v) is 9.89. The van der Waals surface area contributed by atoms with E-state index in [0.717, 1.165) is 11.1 Å². The van der Waals surface area contributed by atoms with Crippen LogP contribution in [-0.2, 0) is 11.2 Å². The van der Waals surface area contributed by atoms with Gasteiger partial charge in [-0.25, -0.2) is 0 Å². The zero-order valence-corrected chi connectivity index (χ0v) is 17.9. The molecule has 0 saturated carbocycles. The summed E-state index contributed by atoms with van der Waals surface area (Å²) >= 11 is 0. The first kappa shape index (κ1) is 21.5. The Morgan fingerprint density at radius 1 is 0.833 bits per heavy atom. The van der Waals surface area contributed by atoms with E-state index in [4.69, 9.17) is 14.2 Å². The van der Waals surface area contributed by atoms with Crippen molar-refractivity contribution in [2.45, 2.75) is 13.3 Å². The quantitative estimate of drug-likeness (QED) is 0.729. The Morgan fingerprint density at radius 2 is 1.37 bits per heavy atom. The van der Waals surface area contributed by atoms with E-state index in [9.17, 15) is 9.59 Å². The maximum atomic E-state index is 12.8. The molecule has 1 heterocycles. The number of benzene rings is 2. The van der Waals surface area contributed by atoms with E-state index >= 15 is 0 Å². The molecular weight excluding hydrogens is 384 g/mol. The molecule has 2 amide bonds. The van der Waals surface area contributed by atoms with Crippen molar-refractivity contribution in [2.24, 2.45) is 0 Å². The number of nitrogens with zero attached hydrogens (tertiary/aromatic N) is 2. The normalized spacial score (nSPS) is 13.7. The zero-order chi connectivity index (χ0) is 21.7. The molecule has 1 aliphatic heterocycles. The average molecular weight is 412 g/mol. The van der Waals surface area contributed by atoms with Gasteiger partial charge in [-0.1, -0.05) is 17.7 Å². The van der Waals surface area contributed by atoms with Gasteiger partial charge in [0.25, 0.3) is 5.91 Å². The van der Waals surface area contributed by atoms with Crippen LogP contribution in [0.4, 0.5) is 0 Å². The molecule has 7 nitrogen and oxygen atoms in total. The Hall–Kier alpha value is -3.22. The number of carbonyl (C=O) groups excluding carboxylic acids is 2. The predicted octanol–water partition coefficient (Wildman–Crippen LogP) is 2.55. The van der Waals surface area contributed by atoms with Gasteiger partial charge in [0.1, 0.15) is 0 Å². The van der Waals surface area contributed by atoms with Crippen LogP contribution in [0.1, 0.15) is 21.5 Å². The van der Waals surface area contributed by atoms with Gasteiger partial charge in [0.05, 0.1) is 27.8 Å². The van der Waals surface area contributed by atoms with E-state index in [-0.39, 0.29) is 18.2 Å². The van der Waals surface area contributed by atoms with E-state index in [0.29, 0.717) is 49.0 Å². The van der Waals surface area contributed by atoms with Crippen LogP contribution in [0.3, 0.4) is 0 Å². The van der Waals surface area contributed by atoms with Crippen LogP contribution in [0.2, 0.25) is 0 Å². The Balaban J connectivity index is 1.62. The molecule has 0 unspecified atom stereocenters. The van der Waals surface area contributed by atoms with Gasteiger partial charge in [0.15, 0.2) is 11.5 Å². The molecule has 0 radical (unpaired) electrons. The summed E-state index contributed by atoms with van der Waals surface area (Å²) in [6.07, 6.45) is 0.225. The molecule has 7 heteroatoms. The second kappa shape index (κ2) is 9.52. The van der Waals surface area contributed by atoms with Gasteiger partial charge in [-0.05, 0) is 36.8 Å². The number of carbonyl (C=O) groups is 2. The Bertz CT molecular complexity index is 877. The van der Waals surface area contributed by atoms with E-state index < -0.39 is 0 Å². The molecule has 1 fully saturated rings. The van der Waals surface area contributed by atoms with Crippen molar-refractivity contribution in [3.05, 3.63) is 53.1 Å². The third-order valence-corrected chi connectivity index (χ3v) is 5.30. The molecule has 0 N–H and O–H groups in total. The molecule has 30 heavy (non-hydrogen) atoms. The lowest BCUT2D eigenvalue weighted by Crippen LogP contribution is -2.51. The van der Waals surface area contributed by atoms with E-state index in [1.54, 1.807) is 43.3 Å². The Kier molecular flexibility index (Phi) is 6.82. The number of rotatable bonds is 6. The third-order valence-electron chi connectivity index (χ3n) is 5.30. The predicted molar refractivity (Wildman–Crippen MR) is 113 cm³/mol. The van der Waals surface area contributed by atoms with Crippen molar-refractivity contribution < 1.29 is 23.8 Å². The molecule has 0 bridgehead atoms. The molecule has 1 aliphatic rings. The van der Waals surface area contributed by atoms with Crippen molar-refractivity contribution in [1.82, 2.24) is 9.80 Å². The molecule has 2 aromatic carbocycles. The Morgan fingerprint density at radius 3 is 1.87 bits per heavy atom. The van der Waals surface area contributed by atoms with Crippen molar-refractivity contribution in [2.75, 3.05) is 47.5 Å². The van der Waals surface area contributed by atoms with Gasteiger partial charge in [-0.3, -0.25) is 9.59 Å². The van der Waals surface area contributed by atoms with Crippen LogP contribution in [0.25, 0.3) is 0 Å². The monoisotopic (exact) mass is 412 g/mol. The molecule has 1 saturated heterocycles. The average Bonchev–Trinajstić information content (AvgIpc) is 2.78. The van der Waals surface area contributed by atoms with Gasteiger partial charge in [-0.15, -0.1) is 0 Å². The summed E-state index contributed by atoms with van der Waals surface area (Å²) in [7, 11) is 4.64. The van der Waals surface area contributed by atoms with Gasteiger partial charge in [-0.2, -0.15) is 0 Å². The number of ether oxygens (including phenoxy) is 3. The summed E-state index contributed by atoms with van der Waals surface area (Å²) < 4.78 is 16.1. The summed E-state index contributed by atoms with van der Waals surface area (Å²) in [5.41, 5.74) is 2.58. The van der Waals surface area contributed by atoms with Crippen LogP contribution in [-0.4, -0.2) is 69.1 Å². The highest BCUT2D eigenvalue weighted by atomic mass is 16.5. The maximum absolute atomic E-state index is 12.8. The molecule has 160 valence electrons. The van der Waals surface area contributed by atoms with Gasteiger partial charge in [0, 0.05) is 31.7 Å². The lowest BCUT2D eigenvalue weighted by Gasteiger charge is -2.35. The smallest absolute Gasteiger partial charge is 0.253 e. The minimum Gasteiger partial charge on any atom is -0.493 e. The number of hydrogen-bond acceptors (Lipinski definition) is 5. The Labute approximate surface area is 177 Å². The molecule has 0 aliphatic carbocycles. The largest absolute Gasteiger partial charge is 0.493 e. The number of methoxy groups -OCH3 is 3. The molecule has 0 aromatic heterocycles. The molecule has 0 spiro atoms. The van der Waals surface area contributed by atoms with Crippen LogP contribution < -0.4 is 14.2 Å². The highest BCUT2D eigenvalue weighted by Crippen LogP contribution is 2.38. The van der Waals surface area contributed by atoms with Gasteiger partial charge < -0.3 is 24.0 Å². The summed E-state index contributed by atoms with van der Waals surface area (Å²) in [5, 5.41) is 0. The fraction of sp³-hybridized carbons (Fsp3) is 0.391. The standard InChI is InChI=1S/C23H28N2O5/c1-16-5-7-18(8-6-16)23(27)25-11-9-24(10-12-25)21(26)15-17-13-19(28-2)22(30-4)20(14-17)29-3/h5-8,13-14H,9-12,15H2,1-4H3. The van der Waals surface area contributed by atoms with E-state index in [1.807, 2.05) is 31.2 Å². The minimum atomic E-state index is 0.00621. The van der Waals surface area contributed by atoms with Crippen molar-refractivity contribution in [1.29, 1.82) is 0 Å². The van der Waals surface area contributed by atoms with Crippen LogP contribution in [0, 0.1) is 6.92 Å². The molecule has 2 aromatic rings. The minimum absolute atomic E-state index is 0.00621. The second-order valence-corrected chi connectivity index (χ2v) is 7.25. The molecular formula is C23H28N2O5. The van der Waals surface area contributed by atoms with Crippen molar-refractivity contribution >= 4 is 11.8 Å². The maximum Gasteiger partial charge on any atom is 0.253 e. The summed E-state index contributed by atoms with van der Waals surface area (Å²) in [6.45, 7) is 4.07. The van der Waals surface area contributed by atoms with E-state index in [1.165, 1.54) is 0 Å². The van der Waals surface area contributed by atoms with Gasteiger partial charge >= 0.3 is 0 Å². The van der Waals surface area contributed by atoms with Crippen molar-refractivity contribution in [3.8, 4) is 17.2 Å². The number of amides is 2. The van der Waals surface area contributed by atoms with Crippen LogP contribution >= 0.6 is 0 Å². The number of piperazine rings is 1. The number of hydrogen-bond donors (Lipinski definition) is 0. The SMILES string of the molecule is COc1cc(CC(=O)N2CCN(C(=O)c3ccc(C)cc3)CC2)cc(OC)c1OC. The second-order valence-electron chi connectivity index (χ2n) is 7.25. The summed E-state index contributed by atoms with van der Waals surface area (Å²) in [5.74, 6) is 1.55. The van der Waals surface area contributed by atoms with Crippen molar-refractivity contribution in [3.63, 3.8) is 0 Å². The fourth-order valence-corrected chi connectivity index (χ4v) is 3.56. The highest BCUT2D eigenvalue weighted by Gasteiger charge is 2.25. The first-order valence-electron chi connectivity index (χ1n) is 9.89.